The molecule has 2 rings (SSSR count). The number of hydrogen-bond acceptors (Lipinski definition) is 4. The largest absolute Gasteiger partial charge is 0.383 e. The van der Waals surface area contributed by atoms with Crippen molar-refractivity contribution in [2.24, 2.45) is 0 Å². The predicted molar refractivity (Wildman–Crippen MR) is 54.7 cm³/mol. The minimum atomic E-state index is -0.0947. The number of nitrogens with zero attached hydrogens (tertiary/aromatic N) is 4. The van der Waals surface area contributed by atoms with Crippen LogP contribution in [0, 0.1) is 0 Å². The van der Waals surface area contributed by atoms with Crippen molar-refractivity contribution >= 4 is 16.9 Å². The van der Waals surface area contributed by atoms with E-state index in [2.05, 4.69) is 35.8 Å². The van der Waals surface area contributed by atoms with Gasteiger partial charge in [0.2, 0.25) is 0 Å². The molecule has 0 atom stereocenters. The molecule has 2 aromatic heterocycles. The van der Waals surface area contributed by atoms with E-state index in [4.69, 9.17) is 5.73 Å². The third-order valence-electron chi connectivity index (χ3n) is 2.03. The molecule has 5 nitrogen and oxygen atoms in total. The average molecular weight is 191 g/mol. The lowest BCUT2D eigenvalue weighted by Gasteiger charge is -2.19. The van der Waals surface area contributed by atoms with Crippen LogP contribution in [-0.2, 0) is 5.54 Å². The topological polar surface area (TPSA) is 69.6 Å². The van der Waals surface area contributed by atoms with Gasteiger partial charge in [-0.1, -0.05) is 0 Å². The van der Waals surface area contributed by atoms with Crippen molar-refractivity contribution in [1.29, 1.82) is 0 Å². The second kappa shape index (κ2) is 2.67. The molecule has 74 valence electrons. The highest BCUT2D eigenvalue weighted by Gasteiger charge is 2.18. The van der Waals surface area contributed by atoms with Gasteiger partial charge in [-0.05, 0) is 20.8 Å². The fourth-order valence-corrected chi connectivity index (χ4v) is 1.35. The Balaban J connectivity index is 2.76. The quantitative estimate of drug-likeness (QED) is 0.678. The summed E-state index contributed by atoms with van der Waals surface area (Å²) in [4.78, 5) is 8.09. The van der Waals surface area contributed by atoms with E-state index in [-0.39, 0.29) is 5.54 Å². The van der Waals surface area contributed by atoms with Crippen LogP contribution in [0.1, 0.15) is 20.8 Å². The summed E-state index contributed by atoms with van der Waals surface area (Å²) < 4.78 is 1.85. The molecule has 0 amide bonds. The molecule has 0 bridgehead atoms. The molecule has 0 aliphatic heterocycles. The molecule has 0 radical (unpaired) electrons. The van der Waals surface area contributed by atoms with Crippen LogP contribution in [0.15, 0.2) is 12.5 Å². The Bertz CT molecular complexity index is 465. The van der Waals surface area contributed by atoms with Crippen molar-refractivity contribution in [3.8, 4) is 0 Å². The first-order chi connectivity index (χ1) is 6.50. The molecular weight excluding hydrogens is 178 g/mol. The van der Waals surface area contributed by atoms with Crippen LogP contribution in [0.3, 0.4) is 0 Å². The first-order valence-corrected chi connectivity index (χ1v) is 4.45. The molecule has 0 aliphatic rings. The molecule has 0 aliphatic carbocycles. The number of anilines is 1. The van der Waals surface area contributed by atoms with Gasteiger partial charge >= 0.3 is 0 Å². The molecule has 14 heavy (non-hydrogen) atoms. The van der Waals surface area contributed by atoms with Gasteiger partial charge in [0.05, 0.1) is 17.1 Å². The summed E-state index contributed by atoms with van der Waals surface area (Å²) in [5.41, 5.74) is 6.40. The van der Waals surface area contributed by atoms with Crippen molar-refractivity contribution in [2.45, 2.75) is 26.3 Å². The Labute approximate surface area is 82.0 Å². The van der Waals surface area contributed by atoms with Gasteiger partial charge in [0.15, 0.2) is 5.65 Å². The van der Waals surface area contributed by atoms with Gasteiger partial charge in [-0.3, -0.25) is 0 Å². The summed E-state index contributed by atoms with van der Waals surface area (Å²) >= 11 is 0. The fourth-order valence-electron chi connectivity index (χ4n) is 1.35. The van der Waals surface area contributed by atoms with E-state index in [1.165, 1.54) is 6.33 Å². The summed E-state index contributed by atoms with van der Waals surface area (Å²) in [6.07, 6.45) is 3.16. The molecule has 2 N–H and O–H groups in total. The van der Waals surface area contributed by atoms with Crippen molar-refractivity contribution in [3.05, 3.63) is 12.5 Å². The van der Waals surface area contributed by atoms with Gasteiger partial charge in [0.25, 0.3) is 0 Å². The standard InChI is InChI=1S/C9H13N5/c1-9(2,3)14-8-6(4-13-14)7(10)11-5-12-8/h4-5H,1-3H3,(H2,10,11,12). The van der Waals surface area contributed by atoms with Gasteiger partial charge in [0.1, 0.15) is 12.1 Å². The molecule has 5 heteroatoms. The molecule has 2 aromatic rings. The van der Waals surface area contributed by atoms with Crippen molar-refractivity contribution in [2.75, 3.05) is 5.73 Å². The Morgan fingerprint density at radius 3 is 2.64 bits per heavy atom. The van der Waals surface area contributed by atoms with Gasteiger partial charge in [-0.2, -0.15) is 5.10 Å². The average Bonchev–Trinajstić information content (AvgIpc) is 2.47. The lowest BCUT2D eigenvalue weighted by atomic mass is 10.1. The molecule has 0 spiro atoms. The normalized spacial score (nSPS) is 12.2. The maximum absolute atomic E-state index is 5.71. The summed E-state index contributed by atoms with van der Waals surface area (Å²) in [6, 6.07) is 0. The number of nitrogens with two attached hydrogens (primary N) is 1. The van der Waals surface area contributed by atoms with Gasteiger partial charge < -0.3 is 5.73 Å². The minimum absolute atomic E-state index is 0.0947. The van der Waals surface area contributed by atoms with Crippen LogP contribution in [-0.4, -0.2) is 19.7 Å². The molecule has 2 heterocycles. The number of fused-ring (bicyclic) bond motifs is 1. The van der Waals surface area contributed by atoms with E-state index >= 15 is 0 Å². The smallest absolute Gasteiger partial charge is 0.163 e. The van der Waals surface area contributed by atoms with Crippen molar-refractivity contribution < 1.29 is 0 Å². The zero-order chi connectivity index (χ0) is 10.3. The van der Waals surface area contributed by atoms with E-state index in [1.807, 2.05) is 4.68 Å². The summed E-state index contributed by atoms with van der Waals surface area (Å²) in [5.74, 6) is 0.477. The van der Waals surface area contributed by atoms with Crippen molar-refractivity contribution in [3.63, 3.8) is 0 Å². The molecule has 0 aromatic carbocycles. The predicted octanol–water partition coefficient (Wildman–Crippen LogP) is 1.16. The van der Waals surface area contributed by atoms with Crippen LogP contribution in [0.4, 0.5) is 5.82 Å². The number of nitrogen functional groups attached to an aromatic ring is 1. The van der Waals surface area contributed by atoms with Crippen LogP contribution in [0.25, 0.3) is 11.0 Å². The molecule has 0 saturated heterocycles. The molecule has 0 unspecified atom stereocenters. The number of hydrogen-bond donors (Lipinski definition) is 1. The van der Waals surface area contributed by atoms with E-state index in [9.17, 15) is 0 Å². The minimum Gasteiger partial charge on any atom is -0.383 e. The number of aromatic nitrogens is 4. The van der Waals surface area contributed by atoms with Crippen LogP contribution in [0.2, 0.25) is 0 Å². The van der Waals surface area contributed by atoms with Gasteiger partial charge in [-0.15, -0.1) is 0 Å². The van der Waals surface area contributed by atoms with E-state index < -0.39 is 0 Å². The Morgan fingerprint density at radius 2 is 2.00 bits per heavy atom. The van der Waals surface area contributed by atoms with Gasteiger partial charge in [0, 0.05) is 0 Å². The van der Waals surface area contributed by atoms with E-state index in [0.29, 0.717) is 5.82 Å². The Morgan fingerprint density at radius 1 is 1.29 bits per heavy atom. The fraction of sp³-hybridized carbons (Fsp3) is 0.444. The second-order valence-corrected chi connectivity index (χ2v) is 4.22. The third-order valence-corrected chi connectivity index (χ3v) is 2.03. The first kappa shape index (κ1) is 8.93. The summed E-state index contributed by atoms with van der Waals surface area (Å²) in [6.45, 7) is 6.20. The lowest BCUT2D eigenvalue weighted by Crippen LogP contribution is -2.23. The van der Waals surface area contributed by atoms with Crippen molar-refractivity contribution in [1.82, 2.24) is 19.7 Å². The van der Waals surface area contributed by atoms with Crippen LogP contribution in [0.5, 0.6) is 0 Å². The van der Waals surface area contributed by atoms with Crippen LogP contribution >= 0.6 is 0 Å². The Kier molecular flexibility index (Phi) is 1.70. The highest BCUT2D eigenvalue weighted by atomic mass is 15.3. The number of rotatable bonds is 0. The zero-order valence-electron chi connectivity index (χ0n) is 8.52. The first-order valence-electron chi connectivity index (χ1n) is 4.45. The third kappa shape index (κ3) is 1.21. The molecule has 0 fully saturated rings. The summed E-state index contributed by atoms with van der Waals surface area (Å²) in [5, 5.41) is 5.07. The highest BCUT2D eigenvalue weighted by molar-refractivity contribution is 5.84. The Hall–Kier alpha value is -1.65. The van der Waals surface area contributed by atoms with Crippen LogP contribution < -0.4 is 5.73 Å². The van der Waals surface area contributed by atoms with Gasteiger partial charge in [-0.25, -0.2) is 14.6 Å². The highest BCUT2D eigenvalue weighted by Crippen LogP contribution is 2.21. The summed E-state index contributed by atoms with van der Waals surface area (Å²) in [7, 11) is 0. The molecule has 0 saturated carbocycles. The van der Waals surface area contributed by atoms with E-state index in [0.717, 1.165) is 11.0 Å². The maximum Gasteiger partial charge on any atom is 0.163 e. The lowest BCUT2D eigenvalue weighted by molar-refractivity contribution is 0.366. The SMILES string of the molecule is CC(C)(C)n1ncc2c(N)ncnc21. The maximum atomic E-state index is 5.71. The van der Waals surface area contributed by atoms with E-state index in [1.54, 1.807) is 6.20 Å². The molecular formula is C9H13N5. The zero-order valence-corrected chi connectivity index (χ0v) is 8.52. The second-order valence-electron chi connectivity index (χ2n) is 4.22. The monoisotopic (exact) mass is 191 g/mol.